The summed E-state index contributed by atoms with van der Waals surface area (Å²) in [6.07, 6.45) is -5.37. The number of rotatable bonds is 5. The molecule has 1 aromatic carbocycles. The average molecular weight is 380 g/mol. The van der Waals surface area contributed by atoms with Crippen LogP contribution in [0.1, 0.15) is 32.6 Å². The number of halogens is 1. The van der Waals surface area contributed by atoms with Gasteiger partial charge in [0.15, 0.2) is 12.2 Å². The van der Waals surface area contributed by atoms with Gasteiger partial charge < -0.3 is 30.6 Å². The number of aliphatic hydroxyl groups excluding tert-OH is 3. The van der Waals surface area contributed by atoms with E-state index < -0.39 is 30.4 Å². The first kappa shape index (κ1) is 23.1. The van der Waals surface area contributed by atoms with Crippen LogP contribution in [0.4, 0.5) is 0 Å². The number of benzene rings is 1. The molecule has 1 rings (SSSR count). The zero-order valence-corrected chi connectivity index (χ0v) is 14.6. The molecule has 0 saturated heterocycles. The first-order valence-corrected chi connectivity index (χ1v) is 7.40. The number of phenolic OH excluding ortho intramolecular Hbond substituents is 1. The molecule has 0 unspecified atom stereocenters. The quantitative estimate of drug-likeness (QED) is 0.356. The highest BCUT2D eigenvalue weighted by atomic mass is 35.5. The summed E-state index contributed by atoms with van der Waals surface area (Å²) in [5, 5.41) is 54.9. The Hall–Kier alpha value is -1.91. The van der Waals surface area contributed by atoms with Crippen molar-refractivity contribution in [2.75, 3.05) is 0 Å². The molecule has 0 aromatic heterocycles. The summed E-state index contributed by atoms with van der Waals surface area (Å²) in [7, 11) is 0. The van der Waals surface area contributed by atoms with Gasteiger partial charge in [-0.3, -0.25) is 5.32 Å². The first-order chi connectivity index (χ1) is 11.3. The van der Waals surface area contributed by atoms with Gasteiger partial charge in [-0.1, -0.05) is 11.6 Å². The molecular formula is C15H22ClNO8. The van der Waals surface area contributed by atoms with Crippen LogP contribution in [0.25, 0.3) is 0 Å². The minimum Gasteiger partial charge on any atom is -0.508 e. The van der Waals surface area contributed by atoms with Gasteiger partial charge >= 0.3 is 11.9 Å². The molecule has 0 aliphatic carbocycles. The Morgan fingerprint density at radius 3 is 1.80 bits per heavy atom. The summed E-state index contributed by atoms with van der Waals surface area (Å²) >= 11 is 5.89. The molecule has 1 aromatic rings. The Bertz CT molecular complexity index is 584. The molecule has 0 radical (unpaired) electrons. The van der Waals surface area contributed by atoms with Gasteiger partial charge in [0.1, 0.15) is 12.0 Å². The lowest BCUT2D eigenvalue weighted by molar-refractivity contribution is -0.165. The van der Waals surface area contributed by atoms with Crippen LogP contribution in [0.3, 0.4) is 0 Å². The molecule has 0 bridgehead atoms. The van der Waals surface area contributed by atoms with Gasteiger partial charge in [-0.25, -0.2) is 9.59 Å². The van der Waals surface area contributed by atoms with Crippen molar-refractivity contribution >= 4 is 23.5 Å². The maximum absolute atomic E-state index is 9.85. The van der Waals surface area contributed by atoms with Crippen molar-refractivity contribution in [3.05, 3.63) is 28.8 Å². The Morgan fingerprint density at radius 2 is 1.48 bits per heavy atom. The van der Waals surface area contributed by atoms with Crippen molar-refractivity contribution in [2.24, 2.45) is 0 Å². The number of phenols is 1. The van der Waals surface area contributed by atoms with E-state index in [1.165, 1.54) is 12.1 Å². The second kappa shape index (κ2) is 9.54. The van der Waals surface area contributed by atoms with Crippen molar-refractivity contribution < 1.29 is 40.2 Å². The van der Waals surface area contributed by atoms with Crippen LogP contribution in [-0.4, -0.2) is 60.3 Å². The Morgan fingerprint density at radius 1 is 1.04 bits per heavy atom. The minimum atomic E-state index is -2.27. The summed E-state index contributed by atoms with van der Waals surface area (Å²) in [6, 6.07) is 4.50. The highest BCUT2D eigenvalue weighted by molar-refractivity contribution is 6.31. The Kier molecular flexibility index (Phi) is 8.81. The summed E-state index contributed by atoms with van der Waals surface area (Å²) in [5.41, 5.74) is 0.352. The Labute approximate surface area is 149 Å². The van der Waals surface area contributed by atoms with Gasteiger partial charge in [-0.2, -0.15) is 0 Å². The molecule has 0 spiro atoms. The normalized spacial score (nSPS) is 14.7. The summed E-state index contributed by atoms with van der Waals surface area (Å²) in [4.78, 5) is 19.5. The van der Waals surface area contributed by atoms with Crippen LogP contribution in [0.5, 0.6) is 5.75 Å². The second-order valence-corrected chi connectivity index (χ2v) is 6.48. The van der Waals surface area contributed by atoms with E-state index in [4.69, 9.17) is 37.1 Å². The summed E-state index contributed by atoms with van der Waals surface area (Å²) < 4.78 is 0. The highest BCUT2D eigenvalue weighted by Crippen LogP contribution is 2.26. The van der Waals surface area contributed by atoms with E-state index >= 15 is 0 Å². The van der Waals surface area contributed by atoms with E-state index in [0.717, 1.165) is 0 Å². The molecule has 0 amide bonds. The molecule has 0 heterocycles. The molecule has 9 nitrogen and oxygen atoms in total. The number of hydrogen-bond acceptors (Lipinski definition) is 7. The average Bonchev–Trinajstić information content (AvgIpc) is 2.43. The predicted octanol–water partition coefficient (Wildman–Crippen LogP) is 0.302. The fourth-order valence-corrected chi connectivity index (χ4v) is 1.77. The number of carbonyl (C=O) groups is 2. The van der Waals surface area contributed by atoms with Crippen LogP contribution in [-0.2, 0) is 9.59 Å². The van der Waals surface area contributed by atoms with Crippen molar-refractivity contribution in [1.82, 2.24) is 5.32 Å². The van der Waals surface area contributed by atoms with Crippen LogP contribution >= 0.6 is 11.6 Å². The number of hydrogen-bond donors (Lipinski definition) is 7. The largest absolute Gasteiger partial charge is 0.508 e. The van der Waals surface area contributed by atoms with E-state index in [1.54, 1.807) is 6.07 Å². The third kappa shape index (κ3) is 8.66. The van der Waals surface area contributed by atoms with Gasteiger partial charge in [0.25, 0.3) is 0 Å². The predicted molar refractivity (Wildman–Crippen MR) is 88.3 cm³/mol. The van der Waals surface area contributed by atoms with Gasteiger partial charge in [0.2, 0.25) is 0 Å². The van der Waals surface area contributed by atoms with Crippen molar-refractivity contribution in [2.45, 2.75) is 44.7 Å². The number of aliphatic hydroxyl groups is 3. The Balaban J connectivity index is 0.000000504. The SMILES string of the molecule is CC(C)(C)N[C@H](O)c1ccc(O)cc1Cl.O=C(O)[C@H](O)[C@@H](O)C(=O)O. The zero-order chi connectivity index (χ0) is 19.9. The molecule has 0 aliphatic heterocycles. The fourth-order valence-electron chi connectivity index (χ4n) is 1.50. The lowest BCUT2D eigenvalue weighted by Crippen LogP contribution is -2.39. The lowest BCUT2D eigenvalue weighted by atomic mass is 10.1. The van der Waals surface area contributed by atoms with E-state index in [9.17, 15) is 14.7 Å². The molecule has 0 fully saturated rings. The van der Waals surface area contributed by atoms with Crippen molar-refractivity contribution in [3.8, 4) is 5.75 Å². The molecule has 25 heavy (non-hydrogen) atoms. The number of nitrogens with one attached hydrogen (secondary N) is 1. The molecule has 0 aliphatic rings. The number of aromatic hydroxyl groups is 1. The summed E-state index contributed by atoms with van der Waals surface area (Å²) in [5.74, 6) is -3.45. The molecular weight excluding hydrogens is 358 g/mol. The number of aliphatic carboxylic acids is 2. The van der Waals surface area contributed by atoms with Crippen LogP contribution in [0.15, 0.2) is 18.2 Å². The molecule has 7 N–H and O–H groups in total. The summed E-state index contributed by atoms with van der Waals surface area (Å²) in [6.45, 7) is 5.85. The molecule has 0 saturated carbocycles. The maximum atomic E-state index is 9.85. The first-order valence-electron chi connectivity index (χ1n) is 7.02. The lowest BCUT2D eigenvalue weighted by Gasteiger charge is -2.25. The monoisotopic (exact) mass is 379 g/mol. The molecule has 142 valence electrons. The van der Waals surface area contributed by atoms with E-state index in [2.05, 4.69) is 5.32 Å². The van der Waals surface area contributed by atoms with Crippen molar-refractivity contribution in [1.29, 1.82) is 0 Å². The van der Waals surface area contributed by atoms with E-state index in [1.807, 2.05) is 20.8 Å². The van der Waals surface area contributed by atoms with Crippen LogP contribution in [0.2, 0.25) is 5.02 Å². The van der Waals surface area contributed by atoms with Gasteiger partial charge in [0, 0.05) is 11.1 Å². The van der Waals surface area contributed by atoms with E-state index in [0.29, 0.717) is 10.6 Å². The fraction of sp³-hybridized carbons (Fsp3) is 0.467. The highest BCUT2D eigenvalue weighted by Gasteiger charge is 2.29. The zero-order valence-electron chi connectivity index (χ0n) is 13.8. The third-order valence-electron chi connectivity index (χ3n) is 2.65. The van der Waals surface area contributed by atoms with Crippen LogP contribution in [0, 0.1) is 0 Å². The molecule has 3 atom stereocenters. The number of carboxylic acid groups (broad SMARTS) is 2. The number of carboxylic acids is 2. The minimum absolute atomic E-state index is 0.0895. The second-order valence-electron chi connectivity index (χ2n) is 6.07. The standard InChI is InChI=1S/C11H16ClNO2.C4H6O6/c1-11(2,3)13-10(15)8-5-4-7(14)6-9(8)12;5-1(3(7)8)2(6)4(9)10/h4-6,10,13-15H,1-3H3;1-2,5-6H,(H,7,8)(H,9,10)/t10-;1-,2-/m11/s1. The van der Waals surface area contributed by atoms with Gasteiger partial charge in [-0.15, -0.1) is 0 Å². The topological polar surface area (TPSA) is 168 Å². The van der Waals surface area contributed by atoms with Crippen molar-refractivity contribution in [3.63, 3.8) is 0 Å². The molecule has 10 heteroatoms. The maximum Gasteiger partial charge on any atom is 0.335 e. The van der Waals surface area contributed by atoms with E-state index in [-0.39, 0.29) is 11.3 Å². The third-order valence-corrected chi connectivity index (χ3v) is 2.98. The smallest absolute Gasteiger partial charge is 0.335 e. The van der Waals surface area contributed by atoms with Gasteiger partial charge in [0.05, 0.1) is 5.02 Å². The van der Waals surface area contributed by atoms with Gasteiger partial charge in [-0.05, 0) is 39.0 Å². The van der Waals surface area contributed by atoms with Crippen LogP contribution < -0.4 is 5.32 Å².